The van der Waals surface area contributed by atoms with E-state index in [0.717, 1.165) is 29.6 Å². The molecule has 2 amide bonds. The molecule has 1 aromatic carbocycles. The summed E-state index contributed by atoms with van der Waals surface area (Å²) in [7, 11) is 0. The number of nitrogens with one attached hydrogen (secondary N) is 2. The summed E-state index contributed by atoms with van der Waals surface area (Å²) in [6.45, 7) is 2.62. The van der Waals surface area contributed by atoms with E-state index in [9.17, 15) is 9.59 Å². The highest BCUT2D eigenvalue weighted by Crippen LogP contribution is 2.40. The molecule has 8 nitrogen and oxygen atoms in total. The Morgan fingerprint density at radius 3 is 2.90 bits per heavy atom. The highest BCUT2D eigenvalue weighted by molar-refractivity contribution is 5.97. The van der Waals surface area contributed by atoms with Gasteiger partial charge in [-0.15, -0.1) is 0 Å². The Morgan fingerprint density at radius 2 is 2.10 bits per heavy atom. The lowest BCUT2D eigenvalue weighted by molar-refractivity contribution is 0.0595. The summed E-state index contributed by atoms with van der Waals surface area (Å²) in [5, 5.41) is 6.95. The van der Waals surface area contributed by atoms with E-state index in [2.05, 4.69) is 20.4 Å². The molecule has 29 heavy (non-hydrogen) atoms. The minimum absolute atomic E-state index is 0.00403. The van der Waals surface area contributed by atoms with Crippen molar-refractivity contribution in [1.29, 1.82) is 0 Å². The van der Waals surface area contributed by atoms with Crippen molar-refractivity contribution < 1.29 is 14.1 Å². The topological polar surface area (TPSA) is 104 Å². The number of nitrogens with zero attached hydrogens (tertiary/aromatic N) is 3. The molecule has 2 atom stereocenters. The predicted octanol–water partition coefficient (Wildman–Crippen LogP) is 2.85. The third-order valence-corrected chi connectivity index (χ3v) is 5.88. The molecule has 1 aliphatic heterocycles. The van der Waals surface area contributed by atoms with E-state index in [4.69, 9.17) is 4.52 Å². The smallest absolute Gasteiger partial charge is 0.273 e. The minimum Gasteiger partial charge on any atom is -0.360 e. The van der Waals surface area contributed by atoms with Gasteiger partial charge in [0.25, 0.3) is 11.8 Å². The second-order valence-corrected chi connectivity index (χ2v) is 8.07. The van der Waals surface area contributed by atoms with Crippen molar-refractivity contribution in [2.45, 2.75) is 50.6 Å². The van der Waals surface area contributed by atoms with Crippen LogP contribution >= 0.6 is 0 Å². The van der Waals surface area contributed by atoms with Gasteiger partial charge in [-0.3, -0.25) is 9.59 Å². The standard InChI is InChI=1S/C21H23N5O3/c1-12-8-15(24-20(27)18-10-19(29-25-18)13-2-3-13)6-7-26(12)21(28)14-4-5-16-17(9-14)23-11-22-16/h4-5,9-13,15H,2-3,6-8H2,1H3,(H,22,23)(H,24,27)/t12-,15+/m1/s1. The van der Waals surface area contributed by atoms with Gasteiger partial charge in [-0.1, -0.05) is 5.16 Å². The van der Waals surface area contributed by atoms with Gasteiger partial charge in [-0.25, -0.2) is 4.98 Å². The molecule has 0 bridgehead atoms. The number of imidazole rings is 1. The zero-order chi connectivity index (χ0) is 20.0. The van der Waals surface area contributed by atoms with E-state index in [1.807, 2.05) is 30.0 Å². The van der Waals surface area contributed by atoms with Gasteiger partial charge in [0.15, 0.2) is 5.69 Å². The fourth-order valence-corrected chi connectivity index (χ4v) is 4.06. The number of carbonyl (C=O) groups excluding carboxylic acids is 2. The summed E-state index contributed by atoms with van der Waals surface area (Å²) >= 11 is 0. The average Bonchev–Trinajstić information content (AvgIpc) is 3.26. The summed E-state index contributed by atoms with van der Waals surface area (Å²) in [4.78, 5) is 34.6. The van der Waals surface area contributed by atoms with Gasteiger partial charge >= 0.3 is 0 Å². The summed E-state index contributed by atoms with van der Waals surface area (Å²) < 4.78 is 5.27. The van der Waals surface area contributed by atoms with Gasteiger partial charge in [-0.2, -0.15) is 0 Å². The average molecular weight is 393 g/mol. The number of hydrogen-bond donors (Lipinski definition) is 2. The predicted molar refractivity (Wildman–Crippen MR) is 106 cm³/mol. The molecule has 1 aliphatic carbocycles. The fraction of sp³-hybridized carbons (Fsp3) is 0.429. The van der Waals surface area contributed by atoms with E-state index in [0.29, 0.717) is 36.6 Å². The summed E-state index contributed by atoms with van der Waals surface area (Å²) in [5.74, 6) is 1.03. The molecule has 8 heteroatoms. The highest BCUT2D eigenvalue weighted by Gasteiger charge is 2.32. The van der Waals surface area contributed by atoms with Crippen LogP contribution in [0.3, 0.4) is 0 Å². The molecule has 150 valence electrons. The Morgan fingerprint density at radius 1 is 1.24 bits per heavy atom. The first kappa shape index (κ1) is 17.9. The van der Waals surface area contributed by atoms with E-state index in [1.54, 1.807) is 12.4 Å². The molecule has 1 saturated carbocycles. The van der Waals surface area contributed by atoms with E-state index >= 15 is 0 Å². The van der Waals surface area contributed by atoms with Crippen LogP contribution in [0.5, 0.6) is 0 Å². The number of amides is 2. The number of fused-ring (bicyclic) bond motifs is 1. The van der Waals surface area contributed by atoms with Crippen molar-refractivity contribution in [2.24, 2.45) is 0 Å². The minimum atomic E-state index is -0.206. The van der Waals surface area contributed by atoms with Crippen LogP contribution in [0.4, 0.5) is 0 Å². The molecule has 1 saturated heterocycles. The van der Waals surface area contributed by atoms with Crippen LogP contribution in [0.15, 0.2) is 35.1 Å². The second-order valence-electron chi connectivity index (χ2n) is 8.07. The van der Waals surface area contributed by atoms with Gasteiger partial charge in [-0.05, 0) is 50.8 Å². The molecular weight excluding hydrogens is 370 g/mol. The van der Waals surface area contributed by atoms with Gasteiger partial charge in [0.05, 0.1) is 17.4 Å². The number of carbonyl (C=O) groups is 2. The SMILES string of the molecule is C[C@@H]1C[C@@H](NC(=O)c2cc(C3CC3)on2)CCN1C(=O)c1ccc2nc[nH]c2c1. The van der Waals surface area contributed by atoms with Gasteiger partial charge < -0.3 is 19.7 Å². The molecule has 2 aliphatic rings. The Bertz CT molecular complexity index is 1070. The van der Waals surface area contributed by atoms with E-state index < -0.39 is 0 Å². The maximum Gasteiger partial charge on any atom is 0.273 e. The largest absolute Gasteiger partial charge is 0.360 e. The number of aromatic nitrogens is 3. The Balaban J connectivity index is 1.21. The fourth-order valence-electron chi connectivity index (χ4n) is 4.06. The maximum absolute atomic E-state index is 13.0. The van der Waals surface area contributed by atoms with Gasteiger partial charge in [0.1, 0.15) is 5.76 Å². The van der Waals surface area contributed by atoms with Crippen LogP contribution in [-0.4, -0.2) is 50.5 Å². The number of likely N-dealkylation sites (tertiary alicyclic amines) is 1. The molecule has 5 rings (SSSR count). The highest BCUT2D eigenvalue weighted by atomic mass is 16.5. The Labute approximate surface area is 167 Å². The summed E-state index contributed by atoms with van der Waals surface area (Å²) in [6, 6.07) is 7.29. The van der Waals surface area contributed by atoms with Crippen LogP contribution in [0.1, 0.15) is 65.1 Å². The zero-order valence-corrected chi connectivity index (χ0v) is 16.2. The molecule has 3 aromatic rings. The quantitative estimate of drug-likeness (QED) is 0.709. The number of H-pyrrole nitrogens is 1. The first-order valence-corrected chi connectivity index (χ1v) is 10.1. The normalized spacial score (nSPS) is 22.0. The van der Waals surface area contributed by atoms with Crippen molar-refractivity contribution in [3.05, 3.63) is 47.6 Å². The Kier molecular flexibility index (Phi) is 4.34. The number of piperidine rings is 1. The summed E-state index contributed by atoms with van der Waals surface area (Å²) in [6.07, 6.45) is 5.25. The van der Waals surface area contributed by atoms with Crippen LogP contribution in [0, 0.1) is 0 Å². The van der Waals surface area contributed by atoms with E-state index in [-0.39, 0.29) is 23.9 Å². The third kappa shape index (κ3) is 3.50. The number of aromatic amines is 1. The Hall–Kier alpha value is -3.16. The number of benzene rings is 1. The van der Waals surface area contributed by atoms with Crippen LogP contribution in [-0.2, 0) is 0 Å². The lowest BCUT2D eigenvalue weighted by atomic mass is 9.97. The van der Waals surface area contributed by atoms with Crippen LogP contribution in [0.25, 0.3) is 11.0 Å². The van der Waals surface area contributed by atoms with Crippen molar-refractivity contribution >= 4 is 22.8 Å². The third-order valence-electron chi connectivity index (χ3n) is 5.88. The number of rotatable bonds is 4. The summed E-state index contributed by atoms with van der Waals surface area (Å²) in [5.41, 5.74) is 2.68. The monoisotopic (exact) mass is 393 g/mol. The van der Waals surface area contributed by atoms with Crippen molar-refractivity contribution in [2.75, 3.05) is 6.54 Å². The van der Waals surface area contributed by atoms with Crippen molar-refractivity contribution in [3.8, 4) is 0 Å². The molecule has 0 spiro atoms. The molecule has 3 heterocycles. The molecule has 2 N–H and O–H groups in total. The molecule has 0 unspecified atom stereocenters. The second kappa shape index (κ2) is 7.02. The molecule has 2 aromatic heterocycles. The van der Waals surface area contributed by atoms with Gasteiger partial charge in [0, 0.05) is 36.2 Å². The van der Waals surface area contributed by atoms with Crippen LogP contribution < -0.4 is 5.32 Å². The molecule has 0 radical (unpaired) electrons. The zero-order valence-electron chi connectivity index (χ0n) is 16.2. The first-order chi connectivity index (χ1) is 14.1. The first-order valence-electron chi connectivity index (χ1n) is 10.1. The molecule has 2 fully saturated rings. The van der Waals surface area contributed by atoms with Crippen molar-refractivity contribution in [3.63, 3.8) is 0 Å². The number of hydrogen-bond acceptors (Lipinski definition) is 5. The van der Waals surface area contributed by atoms with Crippen molar-refractivity contribution in [1.82, 2.24) is 25.3 Å². The van der Waals surface area contributed by atoms with Crippen LogP contribution in [0.2, 0.25) is 0 Å². The maximum atomic E-state index is 13.0. The lowest BCUT2D eigenvalue weighted by Crippen LogP contribution is -2.51. The van der Waals surface area contributed by atoms with E-state index in [1.165, 1.54) is 0 Å². The molecular formula is C21H23N5O3. The lowest BCUT2D eigenvalue weighted by Gasteiger charge is -2.38. The van der Waals surface area contributed by atoms with Gasteiger partial charge in [0.2, 0.25) is 0 Å².